The molecule has 0 spiro atoms. The van der Waals surface area contributed by atoms with Gasteiger partial charge >= 0.3 is 0 Å². The Kier molecular flexibility index (Phi) is 2.85. The second-order valence-electron chi connectivity index (χ2n) is 4.92. The summed E-state index contributed by atoms with van der Waals surface area (Å²) >= 11 is 6.35. The molecule has 2 heterocycles. The third-order valence-electron chi connectivity index (χ3n) is 3.78. The van der Waals surface area contributed by atoms with Crippen LogP contribution >= 0.6 is 11.6 Å². The second kappa shape index (κ2) is 4.35. The van der Waals surface area contributed by atoms with Crippen molar-refractivity contribution in [3.8, 4) is 0 Å². The summed E-state index contributed by atoms with van der Waals surface area (Å²) in [6.07, 6.45) is 4.46. The smallest absolute Gasteiger partial charge is 0.0649 e. The Bertz CT molecular complexity index is 538. The maximum absolute atomic E-state index is 6.35. The number of rotatable bonds is 1. The Hall–Kier alpha value is -0.990. The minimum Gasteiger partial charge on any atom is -0.360 e. The molecule has 0 unspecified atom stereocenters. The zero-order chi connectivity index (χ0) is 11.8. The average molecular weight is 249 g/mol. The molecule has 2 nitrogen and oxygen atoms in total. The first kappa shape index (κ1) is 11.1. The summed E-state index contributed by atoms with van der Waals surface area (Å²) in [4.78, 5) is 3.24. The highest BCUT2D eigenvalue weighted by Crippen LogP contribution is 2.33. The van der Waals surface area contributed by atoms with Crippen LogP contribution in [0.4, 0.5) is 0 Å². The summed E-state index contributed by atoms with van der Waals surface area (Å²) in [6, 6.07) is 4.44. The normalized spacial score (nSPS) is 17.8. The van der Waals surface area contributed by atoms with Gasteiger partial charge in [-0.1, -0.05) is 11.6 Å². The number of H-pyrrole nitrogens is 1. The van der Waals surface area contributed by atoms with Crippen molar-refractivity contribution in [2.75, 3.05) is 13.1 Å². The molecule has 0 amide bonds. The first-order valence-electron chi connectivity index (χ1n) is 6.23. The molecular weight excluding hydrogens is 232 g/mol. The van der Waals surface area contributed by atoms with Crippen LogP contribution in [-0.2, 0) is 0 Å². The van der Waals surface area contributed by atoms with Crippen LogP contribution in [-0.4, -0.2) is 18.1 Å². The maximum Gasteiger partial charge on any atom is 0.0649 e. The first-order chi connectivity index (χ1) is 8.25. The Morgan fingerprint density at radius 2 is 2.00 bits per heavy atom. The lowest BCUT2D eigenvalue weighted by atomic mass is 9.89. The van der Waals surface area contributed by atoms with E-state index in [4.69, 9.17) is 11.6 Å². The molecule has 2 N–H and O–H groups in total. The Morgan fingerprint density at radius 3 is 2.76 bits per heavy atom. The van der Waals surface area contributed by atoms with E-state index in [1.54, 1.807) is 0 Å². The lowest BCUT2D eigenvalue weighted by Crippen LogP contribution is -2.26. The van der Waals surface area contributed by atoms with E-state index in [0.717, 1.165) is 23.6 Å². The van der Waals surface area contributed by atoms with E-state index < -0.39 is 0 Å². The fourth-order valence-electron chi connectivity index (χ4n) is 2.73. The van der Waals surface area contributed by atoms with Crippen LogP contribution < -0.4 is 5.32 Å². The van der Waals surface area contributed by atoms with E-state index in [1.807, 2.05) is 6.20 Å². The predicted molar refractivity (Wildman–Crippen MR) is 72.9 cm³/mol. The topological polar surface area (TPSA) is 27.8 Å². The third kappa shape index (κ3) is 1.96. The summed E-state index contributed by atoms with van der Waals surface area (Å²) in [7, 11) is 0. The zero-order valence-electron chi connectivity index (χ0n) is 10.0. The van der Waals surface area contributed by atoms with E-state index in [2.05, 4.69) is 29.4 Å². The molecule has 1 aliphatic rings. The summed E-state index contributed by atoms with van der Waals surface area (Å²) in [5.74, 6) is 0.660. The number of nitrogens with one attached hydrogen (secondary N) is 2. The summed E-state index contributed by atoms with van der Waals surface area (Å²) < 4.78 is 0. The van der Waals surface area contributed by atoms with Crippen LogP contribution in [0, 0.1) is 6.92 Å². The van der Waals surface area contributed by atoms with Crippen LogP contribution in [0.5, 0.6) is 0 Å². The van der Waals surface area contributed by atoms with Crippen LogP contribution in [0.25, 0.3) is 10.9 Å². The van der Waals surface area contributed by atoms with Gasteiger partial charge in [-0.2, -0.15) is 0 Å². The SMILES string of the molecule is Cc1c[nH]c2c(Cl)cc(C3CCNCC3)cc12. The highest BCUT2D eigenvalue weighted by atomic mass is 35.5. The second-order valence-corrected chi connectivity index (χ2v) is 5.33. The van der Waals surface area contributed by atoms with Gasteiger partial charge in [0.05, 0.1) is 10.5 Å². The molecule has 3 heteroatoms. The van der Waals surface area contributed by atoms with Gasteiger partial charge < -0.3 is 10.3 Å². The minimum atomic E-state index is 0.660. The van der Waals surface area contributed by atoms with Crippen molar-refractivity contribution in [2.45, 2.75) is 25.7 Å². The van der Waals surface area contributed by atoms with E-state index in [1.165, 1.54) is 29.4 Å². The van der Waals surface area contributed by atoms with Crippen molar-refractivity contribution in [1.29, 1.82) is 0 Å². The molecule has 0 saturated carbocycles. The largest absolute Gasteiger partial charge is 0.360 e. The maximum atomic E-state index is 6.35. The zero-order valence-corrected chi connectivity index (χ0v) is 10.8. The first-order valence-corrected chi connectivity index (χ1v) is 6.61. The lowest BCUT2D eigenvalue weighted by molar-refractivity contribution is 0.460. The summed E-state index contributed by atoms with van der Waals surface area (Å²) in [5, 5.41) is 5.52. The summed E-state index contributed by atoms with van der Waals surface area (Å²) in [5.41, 5.74) is 3.74. The van der Waals surface area contributed by atoms with Gasteiger partial charge in [-0.05, 0) is 62.0 Å². The number of aryl methyl sites for hydroxylation is 1. The molecule has 0 aliphatic carbocycles. The Labute approximate surface area is 106 Å². The number of benzene rings is 1. The number of fused-ring (bicyclic) bond motifs is 1. The van der Waals surface area contributed by atoms with Crippen LogP contribution in [0.1, 0.15) is 29.9 Å². The van der Waals surface area contributed by atoms with Gasteiger partial charge in [-0.25, -0.2) is 0 Å². The highest BCUT2D eigenvalue weighted by molar-refractivity contribution is 6.35. The number of aromatic amines is 1. The Balaban J connectivity index is 2.07. The van der Waals surface area contributed by atoms with Gasteiger partial charge in [0.2, 0.25) is 0 Å². The molecule has 1 aromatic heterocycles. The molecule has 0 radical (unpaired) electrons. The number of hydrogen-bond donors (Lipinski definition) is 2. The van der Waals surface area contributed by atoms with Crippen molar-refractivity contribution in [1.82, 2.24) is 10.3 Å². The molecule has 1 saturated heterocycles. The monoisotopic (exact) mass is 248 g/mol. The fourth-order valence-corrected chi connectivity index (χ4v) is 3.02. The third-order valence-corrected chi connectivity index (χ3v) is 4.08. The molecule has 1 aromatic carbocycles. The molecule has 2 aromatic rings. The fraction of sp³-hybridized carbons (Fsp3) is 0.429. The van der Waals surface area contributed by atoms with Gasteiger partial charge in [0, 0.05) is 11.6 Å². The van der Waals surface area contributed by atoms with E-state index >= 15 is 0 Å². The molecule has 0 atom stereocenters. The van der Waals surface area contributed by atoms with Gasteiger partial charge in [0.25, 0.3) is 0 Å². The van der Waals surface area contributed by atoms with Crippen molar-refractivity contribution in [2.24, 2.45) is 0 Å². The van der Waals surface area contributed by atoms with Gasteiger partial charge in [-0.15, -0.1) is 0 Å². The van der Waals surface area contributed by atoms with Crippen molar-refractivity contribution < 1.29 is 0 Å². The number of halogens is 1. The molecule has 17 heavy (non-hydrogen) atoms. The van der Waals surface area contributed by atoms with E-state index in [0.29, 0.717) is 5.92 Å². The van der Waals surface area contributed by atoms with Crippen molar-refractivity contribution in [3.63, 3.8) is 0 Å². The molecule has 3 rings (SSSR count). The predicted octanol–water partition coefficient (Wildman–Crippen LogP) is 3.60. The molecular formula is C14H17ClN2. The average Bonchev–Trinajstić information content (AvgIpc) is 2.73. The van der Waals surface area contributed by atoms with Crippen LogP contribution in [0.15, 0.2) is 18.3 Å². The lowest BCUT2D eigenvalue weighted by Gasteiger charge is -2.23. The van der Waals surface area contributed by atoms with Gasteiger partial charge in [-0.3, -0.25) is 0 Å². The molecule has 0 bridgehead atoms. The van der Waals surface area contributed by atoms with E-state index in [9.17, 15) is 0 Å². The molecule has 1 aliphatic heterocycles. The summed E-state index contributed by atoms with van der Waals surface area (Å²) in [6.45, 7) is 4.36. The molecule has 1 fully saturated rings. The van der Waals surface area contributed by atoms with Gasteiger partial charge in [0.15, 0.2) is 0 Å². The van der Waals surface area contributed by atoms with Gasteiger partial charge in [0.1, 0.15) is 0 Å². The number of piperidine rings is 1. The van der Waals surface area contributed by atoms with Crippen LogP contribution in [0.3, 0.4) is 0 Å². The van der Waals surface area contributed by atoms with Crippen LogP contribution in [0.2, 0.25) is 5.02 Å². The standard InChI is InChI=1S/C14H17ClN2/c1-9-8-17-14-12(9)6-11(7-13(14)15)10-2-4-16-5-3-10/h6-8,10,16-17H,2-5H2,1H3. The van der Waals surface area contributed by atoms with Crippen molar-refractivity contribution in [3.05, 3.63) is 34.5 Å². The number of aromatic nitrogens is 1. The quantitative estimate of drug-likeness (QED) is 0.793. The number of hydrogen-bond acceptors (Lipinski definition) is 1. The Morgan fingerprint density at radius 1 is 1.24 bits per heavy atom. The minimum absolute atomic E-state index is 0.660. The van der Waals surface area contributed by atoms with Crippen molar-refractivity contribution >= 4 is 22.5 Å². The highest BCUT2D eigenvalue weighted by Gasteiger charge is 2.17. The van der Waals surface area contributed by atoms with E-state index in [-0.39, 0.29) is 0 Å². The molecule has 90 valence electrons.